The smallest absolute Gasteiger partial charge is 0.341 e. The summed E-state index contributed by atoms with van der Waals surface area (Å²) < 4.78 is 10.2. The van der Waals surface area contributed by atoms with Gasteiger partial charge in [0.05, 0.1) is 7.11 Å². The van der Waals surface area contributed by atoms with Gasteiger partial charge < -0.3 is 19.9 Å². The number of carboxylic acid groups (broad SMARTS) is 1. The Hall–Kier alpha value is -2.53. The second-order valence-corrected chi connectivity index (χ2v) is 5.10. The van der Waals surface area contributed by atoms with Crippen LogP contribution in [0.3, 0.4) is 0 Å². The number of carboxylic acids is 1. The molecular weight excluding hydrogens is 294 g/mol. The number of hydrogen-bond acceptors (Lipinski definition) is 4. The zero-order chi connectivity index (χ0) is 16.5. The van der Waals surface area contributed by atoms with Crippen LogP contribution in [0.15, 0.2) is 48.5 Å². The van der Waals surface area contributed by atoms with E-state index in [0.717, 1.165) is 30.8 Å². The first-order chi connectivity index (χ1) is 11.2. The highest BCUT2D eigenvalue weighted by Gasteiger charge is 2.00. The highest BCUT2D eigenvalue weighted by Crippen LogP contribution is 2.13. The Kier molecular flexibility index (Phi) is 6.44. The molecule has 0 saturated carbocycles. The topological polar surface area (TPSA) is 67.8 Å². The Balaban J connectivity index is 1.70. The second-order valence-electron chi connectivity index (χ2n) is 5.10. The first-order valence-electron chi connectivity index (χ1n) is 7.44. The molecule has 0 spiro atoms. The van der Waals surface area contributed by atoms with Gasteiger partial charge in [-0.1, -0.05) is 24.3 Å². The van der Waals surface area contributed by atoms with E-state index in [2.05, 4.69) is 17.4 Å². The first kappa shape index (κ1) is 16.8. The lowest BCUT2D eigenvalue weighted by atomic mass is 10.1. The summed E-state index contributed by atoms with van der Waals surface area (Å²) in [5, 5.41) is 11.9. The number of carbonyl (C=O) groups is 1. The number of aliphatic carboxylic acids is 1. The Morgan fingerprint density at radius 2 is 1.61 bits per heavy atom. The average molecular weight is 315 g/mol. The highest BCUT2D eigenvalue weighted by atomic mass is 16.5. The van der Waals surface area contributed by atoms with E-state index in [1.807, 2.05) is 24.3 Å². The van der Waals surface area contributed by atoms with Crippen LogP contribution in [0.1, 0.15) is 11.1 Å². The number of nitrogens with one attached hydrogen (secondary N) is 1. The zero-order valence-electron chi connectivity index (χ0n) is 13.1. The first-order valence-corrected chi connectivity index (χ1v) is 7.44. The molecule has 5 nitrogen and oxygen atoms in total. The third-order valence-corrected chi connectivity index (χ3v) is 3.36. The summed E-state index contributed by atoms with van der Waals surface area (Å²) >= 11 is 0. The Bertz CT molecular complexity index is 608. The number of rotatable bonds is 9. The number of ether oxygens (including phenoxy) is 2. The number of hydrogen-bond donors (Lipinski definition) is 2. The van der Waals surface area contributed by atoms with Gasteiger partial charge in [0, 0.05) is 6.54 Å². The van der Waals surface area contributed by atoms with Crippen LogP contribution in [0.25, 0.3) is 0 Å². The molecular formula is C18H21NO4. The maximum absolute atomic E-state index is 10.4. The van der Waals surface area contributed by atoms with Crippen LogP contribution in [0.5, 0.6) is 11.5 Å². The molecule has 2 aromatic rings. The summed E-state index contributed by atoms with van der Waals surface area (Å²) in [6.45, 7) is 1.32. The van der Waals surface area contributed by atoms with Gasteiger partial charge in [-0.15, -0.1) is 0 Å². The summed E-state index contributed by atoms with van der Waals surface area (Å²) in [5.41, 5.74) is 2.39. The molecule has 0 heterocycles. The summed E-state index contributed by atoms with van der Waals surface area (Å²) in [6.07, 6.45) is 0.948. The summed E-state index contributed by atoms with van der Waals surface area (Å²) in [5.74, 6) is 0.454. The van der Waals surface area contributed by atoms with Gasteiger partial charge in [0.15, 0.2) is 6.61 Å². The van der Waals surface area contributed by atoms with Gasteiger partial charge in [-0.25, -0.2) is 4.79 Å². The molecule has 5 heteroatoms. The van der Waals surface area contributed by atoms with Crippen molar-refractivity contribution >= 4 is 5.97 Å². The molecule has 0 radical (unpaired) electrons. The molecule has 2 N–H and O–H groups in total. The fraction of sp³-hybridized carbons (Fsp3) is 0.278. The quantitative estimate of drug-likeness (QED) is 0.696. The van der Waals surface area contributed by atoms with Gasteiger partial charge in [-0.3, -0.25) is 0 Å². The summed E-state index contributed by atoms with van der Waals surface area (Å²) in [7, 11) is 1.66. The molecule has 2 aromatic carbocycles. The van der Waals surface area contributed by atoms with E-state index >= 15 is 0 Å². The predicted octanol–water partition coefficient (Wildman–Crippen LogP) is 2.49. The fourth-order valence-electron chi connectivity index (χ4n) is 2.11. The van der Waals surface area contributed by atoms with Gasteiger partial charge in [0.25, 0.3) is 0 Å². The SMILES string of the molecule is COc1ccc(CCNCc2ccc(OCC(=O)O)cc2)cc1. The summed E-state index contributed by atoms with van der Waals surface area (Å²) in [6, 6.07) is 15.5. The van der Waals surface area contributed by atoms with Crippen molar-refractivity contribution in [3.8, 4) is 11.5 Å². The molecule has 0 aliphatic carbocycles. The van der Waals surface area contributed by atoms with Crippen LogP contribution in [-0.4, -0.2) is 31.3 Å². The Morgan fingerprint density at radius 1 is 1.00 bits per heavy atom. The van der Waals surface area contributed by atoms with Crippen molar-refractivity contribution in [3.05, 3.63) is 59.7 Å². The van der Waals surface area contributed by atoms with E-state index < -0.39 is 5.97 Å². The third-order valence-electron chi connectivity index (χ3n) is 3.36. The average Bonchev–Trinajstić information content (AvgIpc) is 2.58. The maximum Gasteiger partial charge on any atom is 0.341 e. The molecule has 0 amide bonds. The van der Waals surface area contributed by atoms with Crippen molar-refractivity contribution < 1.29 is 19.4 Å². The third kappa shape index (κ3) is 6.00. The van der Waals surface area contributed by atoms with Crippen LogP contribution in [-0.2, 0) is 17.8 Å². The van der Waals surface area contributed by atoms with Crippen LogP contribution in [0.4, 0.5) is 0 Å². The van der Waals surface area contributed by atoms with Gasteiger partial charge in [-0.05, 0) is 48.4 Å². The molecule has 0 aliphatic rings. The number of methoxy groups -OCH3 is 1. The van der Waals surface area contributed by atoms with E-state index in [4.69, 9.17) is 14.6 Å². The van der Waals surface area contributed by atoms with Crippen molar-refractivity contribution in [1.82, 2.24) is 5.32 Å². The molecule has 0 aliphatic heterocycles. The van der Waals surface area contributed by atoms with Crippen molar-refractivity contribution in [2.45, 2.75) is 13.0 Å². The molecule has 2 rings (SSSR count). The molecule has 0 unspecified atom stereocenters. The lowest BCUT2D eigenvalue weighted by Gasteiger charge is -2.07. The van der Waals surface area contributed by atoms with E-state index in [9.17, 15) is 4.79 Å². The fourth-order valence-corrected chi connectivity index (χ4v) is 2.11. The van der Waals surface area contributed by atoms with Crippen molar-refractivity contribution in [1.29, 1.82) is 0 Å². The van der Waals surface area contributed by atoms with Gasteiger partial charge >= 0.3 is 5.97 Å². The van der Waals surface area contributed by atoms with Gasteiger partial charge in [0.1, 0.15) is 11.5 Å². The minimum Gasteiger partial charge on any atom is -0.497 e. The molecule has 0 fully saturated rings. The van der Waals surface area contributed by atoms with Crippen LogP contribution >= 0.6 is 0 Å². The Morgan fingerprint density at radius 3 is 2.22 bits per heavy atom. The normalized spacial score (nSPS) is 10.3. The molecule has 0 bridgehead atoms. The summed E-state index contributed by atoms with van der Waals surface area (Å²) in [4.78, 5) is 10.4. The lowest BCUT2D eigenvalue weighted by molar-refractivity contribution is -0.139. The molecule has 0 atom stereocenters. The van der Waals surface area contributed by atoms with E-state index in [-0.39, 0.29) is 6.61 Å². The van der Waals surface area contributed by atoms with E-state index in [1.165, 1.54) is 5.56 Å². The van der Waals surface area contributed by atoms with E-state index in [1.54, 1.807) is 19.2 Å². The molecule has 122 valence electrons. The van der Waals surface area contributed by atoms with Crippen LogP contribution in [0.2, 0.25) is 0 Å². The molecule has 0 aromatic heterocycles. The second kappa shape index (κ2) is 8.80. The maximum atomic E-state index is 10.4. The standard InChI is InChI=1S/C18H21NO4/c1-22-16-6-2-14(3-7-16)10-11-19-12-15-4-8-17(9-5-15)23-13-18(20)21/h2-9,19H,10-13H2,1H3,(H,20,21). The molecule has 0 saturated heterocycles. The zero-order valence-corrected chi connectivity index (χ0v) is 13.1. The van der Waals surface area contributed by atoms with Gasteiger partial charge in [0.2, 0.25) is 0 Å². The van der Waals surface area contributed by atoms with Crippen LogP contribution in [0, 0.1) is 0 Å². The van der Waals surface area contributed by atoms with Gasteiger partial charge in [-0.2, -0.15) is 0 Å². The molecule has 23 heavy (non-hydrogen) atoms. The van der Waals surface area contributed by atoms with Crippen molar-refractivity contribution in [2.75, 3.05) is 20.3 Å². The minimum atomic E-state index is -0.978. The number of benzene rings is 2. The van der Waals surface area contributed by atoms with Crippen molar-refractivity contribution in [2.24, 2.45) is 0 Å². The largest absolute Gasteiger partial charge is 0.497 e. The van der Waals surface area contributed by atoms with Crippen LogP contribution < -0.4 is 14.8 Å². The Labute approximate surface area is 135 Å². The highest BCUT2D eigenvalue weighted by molar-refractivity contribution is 5.68. The predicted molar refractivity (Wildman–Crippen MR) is 88.0 cm³/mol. The van der Waals surface area contributed by atoms with Crippen molar-refractivity contribution in [3.63, 3.8) is 0 Å². The lowest BCUT2D eigenvalue weighted by Crippen LogP contribution is -2.16. The van der Waals surface area contributed by atoms with E-state index in [0.29, 0.717) is 5.75 Å². The minimum absolute atomic E-state index is 0.320. The monoisotopic (exact) mass is 315 g/mol.